The fourth-order valence-corrected chi connectivity index (χ4v) is 1.30. The minimum absolute atomic E-state index is 0.234. The summed E-state index contributed by atoms with van der Waals surface area (Å²) in [7, 11) is 0. The molecule has 0 aliphatic carbocycles. The maximum Gasteiger partial charge on any atom is 0.0596 e. The molecule has 0 aromatic rings. The van der Waals surface area contributed by atoms with Gasteiger partial charge in [-0.15, -0.1) is 0 Å². The number of rotatable bonds is 1. The molecule has 0 aromatic carbocycles. The molecule has 11 heavy (non-hydrogen) atoms. The first-order chi connectivity index (χ1) is 4.71. The van der Waals surface area contributed by atoms with Crippen LogP contribution in [0.5, 0.6) is 0 Å². The van der Waals surface area contributed by atoms with E-state index in [2.05, 4.69) is 20.8 Å². The van der Waals surface area contributed by atoms with Crippen molar-refractivity contribution in [1.29, 1.82) is 0 Å². The monoisotopic (exact) mass is 160 g/mol. The van der Waals surface area contributed by atoms with Crippen LogP contribution >= 0.6 is 0 Å². The van der Waals surface area contributed by atoms with E-state index in [1.807, 2.05) is 27.7 Å². The SMILES string of the molecule is CC.CC(C)(C)CC(C)(C)O. The van der Waals surface area contributed by atoms with Gasteiger partial charge in [0.25, 0.3) is 0 Å². The van der Waals surface area contributed by atoms with Gasteiger partial charge in [0.1, 0.15) is 0 Å². The Labute approximate surface area is 71.8 Å². The summed E-state index contributed by atoms with van der Waals surface area (Å²) in [4.78, 5) is 0. The van der Waals surface area contributed by atoms with E-state index in [1.54, 1.807) is 0 Å². The van der Waals surface area contributed by atoms with Crippen molar-refractivity contribution in [1.82, 2.24) is 0 Å². The molecular formula is C10H24O. The fraction of sp³-hybridized carbons (Fsp3) is 1.00. The van der Waals surface area contributed by atoms with Gasteiger partial charge in [-0.2, -0.15) is 0 Å². The topological polar surface area (TPSA) is 20.2 Å². The summed E-state index contributed by atoms with van der Waals surface area (Å²) in [6, 6.07) is 0. The first-order valence-electron chi connectivity index (χ1n) is 4.43. The Morgan fingerprint density at radius 2 is 1.18 bits per heavy atom. The molecule has 0 saturated heterocycles. The van der Waals surface area contributed by atoms with Crippen LogP contribution in [-0.4, -0.2) is 10.7 Å². The van der Waals surface area contributed by atoms with Gasteiger partial charge in [0.05, 0.1) is 5.60 Å². The molecule has 1 nitrogen and oxygen atoms in total. The van der Waals surface area contributed by atoms with Crippen molar-refractivity contribution in [3.8, 4) is 0 Å². The van der Waals surface area contributed by atoms with E-state index in [0.717, 1.165) is 6.42 Å². The first-order valence-corrected chi connectivity index (χ1v) is 4.43. The summed E-state index contributed by atoms with van der Waals surface area (Å²) in [6.45, 7) is 14.1. The van der Waals surface area contributed by atoms with E-state index < -0.39 is 5.60 Å². The van der Waals surface area contributed by atoms with Crippen molar-refractivity contribution < 1.29 is 5.11 Å². The summed E-state index contributed by atoms with van der Waals surface area (Å²) in [5.74, 6) is 0. The van der Waals surface area contributed by atoms with Gasteiger partial charge in [-0.25, -0.2) is 0 Å². The van der Waals surface area contributed by atoms with Gasteiger partial charge in [-0.05, 0) is 25.7 Å². The molecule has 0 atom stereocenters. The van der Waals surface area contributed by atoms with Crippen LogP contribution in [0.15, 0.2) is 0 Å². The lowest BCUT2D eigenvalue weighted by molar-refractivity contribution is 0.0371. The van der Waals surface area contributed by atoms with Crippen molar-refractivity contribution in [2.75, 3.05) is 0 Å². The minimum atomic E-state index is -0.516. The molecule has 0 aromatic heterocycles. The molecule has 0 radical (unpaired) electrons. The smallest absolute Gasteiger partial charge is 0.0596 e. The Morgan fingerprint density at radius 3 is 1.18 bits per heavy atom. The Hall–Kier alpha value is -0.0400. The van der Waals surface area contributed by atoms with E-state index >= 15 is 0 Å². The molecule has 0 aliphatic rings. The van der Waals surface area contributed by atoms with Gasteiger partial charge >= 0.3 is 0 Å². The number of hydrogen-bond acceptors (Lipinski definition) is 1. The quantitative estimate of drug-likeness (QED) is 0.624. The van der Waals surface area contributed by atoms with Crippen molar-refractivity contribution >= 4 is 0 Å². The average molecular weight is 160 g/mol. The predicted molar refractivity (Wildman–Crippen MR) is 51.7 cm³/mol. The zero-order chi connectivity index (χ0) is 9.71. The average Bonchev–Trinajstić information content (AvgIpc) is 1.60. The highest BCUT2D eigenvalue weighted by atomic mass is 16.3. The van der Waals surface area contributed by atoms with E-state index in [9.17, 15) is 5.11 Å². The molecule has 70 valence electrons. The Kier molecular flexibility index (Phi) is 5.86. The van der Waals surface area contributed by atoms with E-state index in [1.165, 1.54) is 0 Å². The van der Waals surface area contributed by atoms with Crippen LogP contribution in [0.1, 0.15) is 54.9 Å². The standard InChI is InChI=1S/C8H18O.C2H6/c1-7(2,3)6-8(4,5)9;1-2/h9H,6H2,1-5H3;1-2H3. The van der Waals surface area contributed by atoms with Crippen molar-refractivity contribution in [3.05, 3.63) is 0 Å². The van der Waals surface area contributed by atoms with E-state index in [-0.39, 0.29) is 5.41 Å². The Bertz CT molecular complexity index is 70.0. The third-order valence-electron chi connectivity index (χ3n) is 0.963. The highest BCUT2D eigenvalue weighted by Crippen LogP contribution is 2.26. The van der Waals surface area contributed by atoms with Crippen molar-refractivity contribution in [2.45, 2.75) is 60.5 Å². The second-order valence-corrected chi connectivity index (χ2v) is 4.55. The van der Waals surface area contributed by atoms with Gasteiger partial charge in [-0.3, -0.25) is 0 Å². The van der Waals surface area contributed by atoms with Gasteiger partial charge in [0.2, 0.25) is 0 Å². The van der Waals surface area contributed by atoms with Crippen LogP contribution in [-0.2, 0) is 0 Å². The molecule has 0 amide bonds. The minimum Gasteiger partial charge on any atom is -0.390 e. The molecule has 0 fully saturated rings. The summed E-state index contributed by atoms with van der Waals surface area (Å²) in [6.07, 6.45) is 0.847. The van der Waals surface area contributed by atoms with Crippen molar-refractivity contribution in [3.63, 3.8) is 0 Å². The van der Waals surface area contributed by atoms with Crippen LogP contribution in [0.3, 0.4) is 0 Å². The van der Waals surface area contributed by atoms with E-state index in [4.69, 9.17) is 0 Å². The third kappa shape index (κ3) is 17.8. The zero-order valence-electron chi connectivity index (χ0n) is 9.15. The molecule has 1 N–H and O–H groups in total. The maximum absolute atomic E-state index is 9.35. The lowest BCUT2D eigenvalue weighted by atomic mass is 9.84. The molecule has 0 bridgehead atoms. The summed E-state index contributed by atoms with van der Waals surface area (Å²) in [5.41, 5.74) is -0.281. The predicted octanol–water partition coefficient (Wildman–Crippen LogP) is 3.22. The van der Waals surface area contributed by atoms with E-state index in [0.29, 0.717) is 0 Å². The van der Waals surface area contributed by atoms with Crippen LogP contribution in [0.25, 0.3) is 0 Å². The molecule has 0 rings (SSSR count). The van der Waals surface area contributed by atoms with Gasteiger partial charge in [-0.1, -0.05) is 34.6 Å². The van der Waals surface area contributed by atoms with Gasteiger partial charge in [0.15, 0.2) is 0 Å². The molecule has 0 unspecified atom stereocenters. The molecule has 0 aliphatic heterocycles. The Balaban J connectivity index is 0. The largest absolute Gasteiger partial charge is 0.390 e. The van der Waals surface area contributed by atoms with Crippen molar-refractivity contribution in [2.24, 2.45) is 5.41 Å². The number of aliphatic hydroxyl groups is 1. The highest BCUT2D eigenvalue weighted by molar-refractivity contribution is 4.74. The highest BCUT2D eigenvalue weighted by Gasteiger charge is 2.21. The zero-order valence-corrected chi connectivity index (χ0v) is 9.15. The molecule has 1 heteroatoms. The summed E-state index contributed by atoms with van der Waals surface area (Å²) < 4.78 is 0. The van der Waals surface area contributed by atoms with Gasteiger partial charge in [0, 0.05) is 0 Å². The summed E-state index contributed by atoms with van der Waals surface area (Å²) >= 11 is 0. The van der Waals surface area contributed by atoms with Crippen LogP contribution in [0.2, 0.25) is 0 Å². The second kappa shape index (κ2) is 4.76. The molecule has 0 spiro atoms. The lowest BCUT2D eigenvalue weighted by Crippen LogP contribution is -2.25. The van der Waals surface area contributed by atoms with Gasteiger partial charge < -0.3 is 5.11 Å². The maximum atomic E-state index is 9.35. The van der Waals surface area contributed by atoms with Crippen LogP contribution < -0.4 is 0 Å². The van der Waals surface area contributed by atoms with Crippen LogP contribution in [0.4, 0.5) is 0 Å². The third-order valence-corrected chi connectivity index (χ3v) is 0.963. The second-order valence-electron chi connectivity index (χ2n) is 4.55. The molecular weight excluding hydrogens is 136 g/mol. The normalized spacial score (nSPS) is 12.0. The number of hydrogen-bond donors (Lipinski definition) is 1. The molecule has 0 heterocycles. The fourth-order valence-electron chi connectivity index (χ4n) is 1.30. The van der Waals surface area contributed by atoms with Crippen LogP contribution in [0, 0.1) is 5.41 Å². The lowest BCUT2D eigenvalue weighted by Gasteiger charge is -2.27. The Morgan fingerprint density at radius 1 is 0.909 bits per heavy atom. The first kappa shape index (κ1) is 13.5. The molecule has 0 saturated carbocycles. The summed E-state index contributed by atoms with van der Waals surface area (Å²) in [5, 5.41) is 9.35.